The highest BCUT2D eigenvalue weighted by Crippen LogP contribution is 2.32. The summed E-state index contributed by atoms with van der Waals surface area (Å²) in [5.41, 5.74) is 2.51. The van der Waals surface area contributed by atoms with Crippen molar-refractivity contribution in [2.24, 2.45) is 0 Å². The van der Waals surface area contributed by atoms with Crippen molar-refractivity contribution in [1.82, 2.24) is 4.90 Å². The number of hydrogen-bond acceptors (Lipinski definition) is 4. The largest absolute Gasteiger partial charge is 0.504 e. The van der Waals surface area contributed by atoms with Gasteiger partial charge in [0.15, 0.2) is 11.5 Å². The van der Waals surface area contributed by atoms with Crippen LogP contribution in [0.3, 0.4) is 0 Å². The lowest BCUT2D eigenvalue weighted by Gasteiger charge is -2.23. The average Bonchev–Trinajstić information content (AvgIpc) is 3.51. The molecule has 6 nitrogen and oxygen atoms in total. The van der Waals surface area contributed by atoms with Gasteiger partial charge in [-0.25, -0.2) is 4.79 Å². The van der Waals surface area contributed by atoms with Crippen LogP contribution in [0.15, 0.2) is 54.6 Å². The predicted octanol–water partition coefficient (Wildman–Crippen LogP) is 4.55. The molecule has 0 unspecified atom stereocenters. The molecule has 1 fully saturated rings. The van der Waals surface area contributed by atoms with E-state index in [2.05, 4.69) is 11.9 Å². The molecule has 0 spiro atoms. The van der Waals surface area contributed by atoms with E-state index < -0.39 is 0 Å². The molecule has 1 saturated carbocycles. The number of nitrogens with zero attached hydrogens (tertiary/aromatic N) is 1. The molecule has 28 heavy (non-hydrogen) atoms. The normalized spacial score (nSPS) is 12.9. The molecular weight excluding hydrogens is 356 g/mol. The van der Waals surface area contributed by atoms with Crippen LogP contribution in [0.25, 0.3) is 0 Å². The summed E-state index contributed by atoms with van der Waals surface area (Å²) in [6, 6.07) is 12.5. The summed E-state index contributed by atoms with van der Waals surface area (Å²) in [5.74, 6) is 1.17. The lowest BCUT2D eigenvalue weighted by molar-refractivity contribution is 0.206. The minimum absolute atomic E-state index is 0.0836. The van der Waals surface area contributed by atoms with Gasteiger partial charge in [-0.15, -0.1) is 0 Å². The van der Waals surface area contributed by atoms with E-state index in [0.29, 0.717) is 30.3 Å². The summed E-state index contributed by atoms with van der Waals surface area (Å²) in [6.07, 6.45) is 1.98. The Kier molecular flexibility index (Phi) is 6.09. The van der Waals surface area contributed by atoms with E-state index in [-0.39, 0.29) is 17.8 Å². The first kappa shape index (κ1) is 19.6. The first-order chi connectivity index (χ1) is 13.5. The number of ether oxygens (including phenoxy) is 2. The van der Waals surface area contributed by atoms with E-state index in [4.69, 9.17) is 9.47 Å². The van der Waals surface area contributed by atoms with Gasteiger partial charge in [-0.1, -0.05) is 18.7 Å². The quantitative estimate of drug-likeness (QED) is 0.657. The molecule has 2 N–H and O–H groups in total. The highest BCUT2D eigenvalue weighted by molar-refractivity contribution is 5.90. The first-order valence-corrected chi connectivity index (χ1v) is 9.27. The molecule has 2 aromatic rings. The van der Waals surface area contributed by atoms with Gasteiger partial charge >= 0.3 is 6.03 Å². The molecule has 0 bridgehead atoms. The van der Waals surface area contributed by atoms with Gasteiger partial charge in [-0.05, 0) is 55.2 Å². The number of methoxy groups -OCH3 is 1. The summed E-state index contributed by atoms with van der Waals surface area (Å²) in [4.78, 5) is 14.7. The molecule has 0 radical (unpaired) electrons. The fourth-order valence-electron chi connectivity index (χ4n) is 2.84. The highest BCUT2D eigenvalue weighted by Gasteiger charge is 2.32. The predicted molar refractivity (Wildman–Crippen MR) is 109 cm³/mol. The van der Waals surface area contributed by atoms with Crippen molar-refractivity contribution >= 4 is 11.7 Å². The number of urea groups is 1. The summed E-state index contributed by atoms with van der Waals surface area (Å²) in [7, 11) is 1.51. The topological polar surface area (TPSA) is 71.0 Å². The molecular formula is C22H26N2O4. The number of anilines is 1. The van der Waals surface area contributed by atoms with Crippen molar-refractivity contribution in [3.8, 4) is 17.2 Å². The highest BCUT2D eigenvalue weighted by atomic mass is 16.5. The number of aromatic hydroxyl groups is 1. The molecule has 0 atom stereocenters. The zero-order chi connectivity index (χ0) is 20.1. The third-order valence-corrected chi connectivity index (χ3v) is 4.42. The number of phenols is 1. The van der Waals surface area contributed by atoms with Crippen LogP contribution in [0.2, 0.25) is 0 Å². The second-order valence-corrected chi connectivity index (χ2v) is 7.07. The Labute approximate surface area is 165 Å². The van der Waals surface area contributed by atoms with Crippen molar-refractivity contribution in [3.63, 3.8) is 0 Å². The van der Waals surface area contributed by atoms with Crippen molar-refractivity contribution in [2.45, 2.75) is 32.4 Å². The van der Waals surface area contributed by atoms with E-state index in [1.165, 1.54) is 7.11 Å². The molecule has 0 aliphatic heterocycles. The molecule has 2 amide bonds. The van der Waals surface area contributed by atoms with Crippen LogP contribution >= 0.6 is 0 Å². The molecule has 3 rings (SSSR count). The lowest BCUT2D eigenvalue weighted by atomic mass is 10.2. The van der Waals surface area contributed by atoms with Crippen LogP contribution in [0, 0.1) is 0 Å². The molecule has 6 heteroatoms. The Bertz CT molecular complexity index is 861. The lowest BCUT2D eigenvalue weighted by Crippen LogP contribution is -2.36. The van der Waals surface area contributed by atoms with Gasteiger partial charge < -0.3 is 24.8 Å². The molecule has 0 saturated heterocycles. The zero-order valence-corrected chi connectivity index (χ0v) is 16.3. The minimum Gasteiger partial charge on any atom is -0.504 e. The fraction of sp³-hybridized carbons (Fsp3) is 0.318. The minimum atomic E-state index is -0.161. The number of amides is 2. The Balaban J connectivity index is 1.69. The Morgan fingerprint density at radius 1 is 1.29 bits per heavy atom. The van der Waals surface area contributed by atoms with Crippen LogP contribution in [0.4, 0.5) is 10.5 Å². The van der Waals surface area contributed by atoms with Crippen LogP contribution in [-0.2, 0) is 6.54 Å². The Morgan fingerprint density at radius 2 is 2.07 bits per heavy atom. The third kappa shape index (κ3) is 5.19. The smallest absolute Gasteiger partial charge is 0.322 e. The van der Waals surface area contributed by atoms with Crippen molar-refractivity contribution in [2.75, 3.05) is 19.0 Å². The second kappa shape index (κ2) is 8.69. The maximum absolute atomic E-state index is 12.9. The van der Waals surface area contributed by atoms with Gasteiger partial charge in [0.1, 0.15) is 12.4 Å². The molecule has 1 aliphatic carbocycles. The summed E-state index contributed by atoms with van der Waals surface area (Å²) >= 11 is 0. The third-order valence-electron chi connectivity index (χ3n) is 4.42. The molecule has 0 aromatic heterocycles. The second-order valence-electron chi connectivity index (χ2n) is 7.07. The van der Waals surface area contributed by atoms with Crippen LogP contribution in [-0.4, -0.2) is 35.8 Å². The fourth-order valence-corrected chi connectivity index (χ4v) is 2.84. The Hall–Kier alpha value is -3.15. The van der Waals surface area contributed by atoms with Crippen molar-refractivity contribution in [1.29, 1.82) is 0 Å². The van der Waals surface area contributed by atoms with E-state index in [1.54, 1.807) is 24.3 Å². The number of phenolic OH excluding ortho intramolecular Hbond substituents is 1. The molecule has 1 aliphatic rings. The van der Waals surface area contributed by atoms with Crippen LogP contribution in [0.5, 0.6) is 17.2 Å². The number of carbonyl (C=O) groups excluding carboxylic acids is 1. The van der Waals surface area contributed by atoms with Gasteiger partial charge in [-0.2, -0.15) is 0 Å². The van der Waals surface area contributed by atoms with Crippen LogP contribution < -0.4 is 14.8 Å². The number of nitrogens with one attached hydrogen (secondary N) is 1. The van der Waals surface area contributed by atoms with Gasteiger partial charge in [0.25, 0.3) is 0 Å². The monoisotopic (exact) mass is 382 g/mol. The Morgan fingerprint density at radius 3 is 2.75 bits per heavy atom. The maximum Gasteiger partial charge on any atom is 0.322 e. The number of benzene rings is 2. The van der Waals surface area contributed by atoms with Crippen molar-refractivity contribution in [3.05, 3.63) is 60.2 Å². The summed E-state index contributed by atoms with van der Waals surface area (Å²) in [5, 5.41) is 12.7. The van der Waals surface area contributed by atoms with Gasteiger partial charge in [0, 0.05) is 24.3 Å². The summed E-state index contributed by atoms with van der Waals surface area (Å²) < 4.78 is 10.8. The SMILES string of the molecule is C=C(C)COc1cccc(NC(=O)N(Cc2ccc(O)c(OC)c2)C2CC2)c1. The number of carbonyl (C=O) groups is 1. The van der Waals surface area contributed by atoms with Gasteiger partial charge in [-0.3, -0.25) is 0 Å². The molecule has 148 valence electrons. The van der Waals surface area contributed by atoms with E-state index >= 15 is 0 Å². The number of hydrogen-bond donors (Lipinski definition) is 2. The van der Waals surface area contributed by atoms with Gasteiger partial charge in [0.2, 0.25) is 0 Å². The maximum atomic E-state index is 12.9. The van der Waals surface area contributed by atoms with E-state index in [9.17, 15) is 9.90 Å². The average molecular weight is 382 g/mol. The molecule has 0 heterocycles. The standard InChI is InChI=1S/C22H26N2O4/c1-15(2)14-28-19-6-4-5-17(12-19)23-22(26)24(18-8-9-18)13-16-7-10-20(25)21(11-16)27-3/h4-7,10-12,18,25H,1,8-9,13-14H2,2-3H3,(H,23,26). The zero-order valence-electron chi connectivity index (χ0n) is 16.3. The first-order valence-electron chi connectivity index (χ1n) is 9.27. The van der Waals surface area contributed by atoms with Gasteiger partial charge in [0.05, 0.1) is 7.11 Å². The van der Waals surface area contributed by atoms with Crippen molar-refractivity contribution < 1.29 is 19.4 Å². The number of rotatable bonds is 8. The van der Waals surface area contributed by atoms with E-state index in [0.717, 1.165) is 24.0 Å². The summed E-state index contributed by atoms with van der Waals surface area (Å²) in [6.45, 7) is 6.60. The molecule has 2 aromatic carbocycles. The van der Waals surface area contributed by atoms with Crippen LogP contribution in [0.1, 0.15) is 25.3 Å². The van der Waals surface area contributed by atoms with E-state index in [1.807, 2.05) is 30.0 Å².